The number of aliphatic carboxylic acids is 1. The summed E-state index contributed by atoms with van der Waals surface area (Å²) >= 11 is 0. The number of urea groups is 1. The van der Waals surface area contributed by atoms with Crippen molar-refractivity contribution >= 4 is 18.0 Å². The summed E-state index contributed by atoms with van der Waals surface area (Å²) in [5, 5.41) is 20.5. The van der Waals surface area contributed by atoms with E-state index in [1.807, 2.05) is 0 Å². The third-order valence-corrected chi connectivity index (χ3v) is 2.51. The molecule has 2 atom stereocenters. The fourth-order valence-corrected chi connectivity index (χ4v) is 1.73. The predicted molar refractivity (Wildman–Crippen MR) is 58.8 cm³/mol. The number of aliphatic hydroxyl groups is 1. The number of ether oxygens (including phenoxy) is 1. The molecule has 0 spiro atoms. The van der Waals surface area contributed by atoms with Gasteiger partial charge in [0.15, 0.2) is 0 Å². The molecule has 2 amide bonds. The Morgan fingerprint density at radius 2 is 2.11 bits per heavy atom. The quantitative estimate of drug-likeness (QED) is 0.545. The van der Waals surface area contributed by atoms with Gasteiger partial charge >= 0.3 is 18.0 Å². The maximum atomic E-state index is 11.6. The summed E-state index contributed by atoms with van der Waals surface area (Å²) < 4.78 is 4.61. The highest BCUT2D eigenvalue weighted by Crippen LogP contribution is 2.17. The summed E-state index contributed by atoms with van der Waals surface area (Å²) in [6, 6.07) is -1.77. The van der Waals surface area contributed by atoms with Crippen molar-refractivity contribution in [3.8, 4) is 0 Å². The minimum Gasteiger partial charge on any atom is -0.480 e. The first-order chi connectivity index (χ1) is 8.45. The van der Waals surface area contributed by atoms with Gasteiger partial charge in [0.25, 0.3) is 0 Å². The smallest absolute Gasteiger partial charge is 0.326 e. The number of esters is 1. The molecule has 0 radical (unpaired) electrons. The van der Waals surface area contributed by atoms with E-state index in [4.69, 9.17) is 5.11 Å². The summed E-state index contributed by atoms with van der Waals surface area (Å²) in [7, 11) is 0. The Morgan fingerprint density at radius 1 is 1.44 bits per heavy atom. The number of β-amino-alcohol motifs (C(OH)–C–C–N with tert-alkyl or cyclic N) is 1. The topological polar surface area (TPSA) is 116 Å². The first kappa shape index (κ1) is 14.2. The van der Waals surface area contributed by atoms with E-state index in [9.17, 15) is 19.5 Å². The molecule has 1 saturated heterocycles. The summed E-state index contributed by atoms with van der Waals surface area (Å²) in [6.45, 7) is 1.45. The lowest BCUT2D eigenvalue weighted by molar-refractivity contribution is -0.141. The van der Waals surface area contributed by atoms with E-state index in [-0.39, 0.29) is 26.1 Å². The van der Waals surface area contributed by atoms with Gasteiger partial charge in [-0.2, -0.15) is 0 Å². The molecule has 8 nitrogen and oxygen atoms in total. The molecule has 1 aliphatic heterocycles. The summed E-state index contributed by atoms with van der Waals surface area (Å²) in [4.78, 5) is 34.5. The molecule has 0 aromatic carbocycles. The summed E-state index contributed by atoms with van der Waals surface area (Å²) in [5.74, 6) is -1.78. The van der Waals surface area contributed by atoms with E-state index in [2.05, 4.69) is 10.1 Å². The molecule has 0 unspecified atom stereocenters. The van der Waals surface area contributed by atoms with Gasteiger partial charge in [0, 0.05) is 13.0 Å². The Balaban J connectivity index is 2.50. The number of carboxylic acid groups (broad SMARTS) is 1. The molecular weight excluding hydrogens is 244 g/mol. The van der Waals surface area contributed by atoms with Crippen LogP contribution < -0.4 is 5.32 Å². The van der Waals surface area contributed by atoms with Crippen LogP contribution in [0.2, 0.25) is 0 Å². The second-order valence-electron chi connectivity index (χ2n) is 3.86. The van der Waals surface area contributed by atoms with E-state index in [0.717, 1.165) is 4.90 Å². The molecule has 3 N–H and O–H groups in total. The van der Waals surface area contributed by atoms with Crippen LogP contribution >= 0.6 is 0 Å². The third kappa shape index (κ3) is 3.59. The molecule has 0 aromatic heterocycles. The lowest BCUT2D eigenvalue weighted by Gasteiger charge is -2.21. The van der Waals surface area contributed by atoms with Crippen molar-refractivity contribution < 1.29 is 29.3 Å². The van der Waals surface area contributed by atoms with Gasteiger partial charge in [-0.3, -0.25) is 4.79 Å². The number of likely N-dealkylation sites (tertiary alicyclic amines) is 1. The number of carboxylic acids is 1. The molecule has 1 heterocycles. The highest BCUT2D eigenvalue weighted by Gasteiger charge is 2.38. The standard InChI is InChI=1S/C10H16N2O6/c1-2-18-8(14)4-11-10(17)12-5-6(13)3-7(12)9(15)16/h6-7,13H,2-5H2,1H3,(H,11,17)(H,15,16)/t6-,7+/m1/s1. The normalized spacial score (nSPS) is 22.7. The largest absolute Gasteiger partial charge is 0.480 e. The Hall–Kier alpha value is -1.83. The molecule has 1 fully saturated rings. The fourth-order valence-electron chi connectivity index (χ4n) is 1.73. The zero-order valence-electron chi connectivity index (χ0n) is 9.96. The second kappa shape index (κ2) is 6.20. The van der Waals surface area contributed by atoms with Crippen LogP contribution in [0.4, 0.5) is 4.79 Å². The van der Waals surface area contributed by atoms with Gasteiger partial charge in [0.1, 0.15) is 12.6 Å². The highest BCUT2D eigenvalue weighted by atomic mass is 16.5. The van der Waals surface area contributed by atoms with Gasteiger partial charge in [-0.25, -0.2) is 9.59 Å². The van der Waals surface area contributed by atoms with Crippen LogP contribution in [0.15, 0.2) is 0 Å². The number of carbonyl (C=O) groups is 3. The second-order valence-corrected chi connectivity index (χ2v) is 3.86. The van der Waals surface area contributed by atoms with Crippen molar-refractivity contribution in [2.45, 2.75) is 25.5 Å². The number of carbonyl (C=O) groups excluding carboxylic acids is 2. The third-order valence-electron chi connectivity index (χ3n) is 2.51. The molecule has 0 aromatic rings. The van der Waals surface area contributed by atoms with Crippen LogP contribution in [0, 0.1) is 0 Å². The van der Waals surface area contributed by atoms with E-state index in [1.165, 1.54) is 0 Å². The number of hydrogen-bond donors (Lipinski definition) is 3. The van der Waals surface area contributed by atoms with Gasteiger partial charge < -0.3 is 25.2 Å². The average molecular weight is 260 g/mol. The van der Waals surface area contributed by atoms with Crippen LogP contribution in [0.3, 0.4) is 0 Å². The summed E-state index contributed by atoms with van der Waals surface area (Å²) in [5.41, 5.74) is 0. The van der Waals surface area contributed by atoms with Crippen LogP contribution in [-0.2, 0) is 14.3 Å². The zero-order valence-corrected chi connectivity index (χ0v) is 9.96. The van der Waals surface area contributed by atoms with Crippen molar-refractivity contribution in [2.24, 2.45) is 0 Å². The maximum Gasteiger partial charge on any atom is 0.326 e. The molecule has 0 saturated carbocycles. The minimum absolute atomic E-state index is 0.0117. The number of amides is 2. The van der Waals surface area contributed by atoms with E-state index in [1.54, 1.807) is 6.92 Å². The number of aliphatic hydroxyl groups excluding tert-OH is 1. The van der Waals surface area contributed by atoms with E-state index in [0.29, 0.717) is 0 Å². The van der Waals surface area contributed by atoms with Crippen molar-refractivity contribution in [2.75, 3.05) is 19.7 Å². The summed E-state index contributed by atoms with van der Waals surface area (Å²) in [6.07, 6.45) is -0.873. The number of nitrogens with one attached hydrogen (secondary N) is 1. The molecule has 8 heteroatoms. The molecule has 0 bridgehead atoms. The van der Waals surface area contributed by atoms with Crippen molar-refractivity contribution in [1.82, 2.24) is 10.2 Å². The molecule has 1 aliphatic rings. The molecule has 102 valence electrons. The molecule has 18 heavy (non-hydrogen) atoms. The lowest BCUT2D eigenvalue weighted by Crippen LogP contribution is -2.47. The van der Waals surface area contributed by atoms with Crippen LogP contribution in [0.1, 0.15) is 13.3 Å². The van der Waals surface area contributed by atoms with Gasteiger partial charge in [-0.1, -0.05) is 0 Å². The minimum atomic E-state index is -1.18. The first-order valence-electron chi connectivity index (χ1n) is 5.56. The van der Waals surface area contributed by atoms with Crippen LogP contribution in [0.25, 0.3) is 0 Å². The maximum absolute atomic E-state index is 11.6. The number of hydrogen-bond acceptors (Lipinski definition) is 5. The lowest BCUT2D eigenvalue weighted by atomic mass is 10.2. The SMILES string of the molecule is CCOC(=O)CNC(=O)N1C[C@H](O)C[C@H]1C(=O)O. The highest BCUT2D eigenvalue weighted by molar-refractivity contribution is 5.85. The van der Waals surface area contributed by atoms with E-state index < -0.39 is 30.1 Å². The van der Waals surface area contributed by atoms with Crippen LogP contribution in [0.5, 0.6) is 0 Å². The zero-order chi connectivity index (χ0) is 13.7. The van der Waals surface area contributed by atoms with Gasteiger partial charge in [0.05, 0.1) is 12.7 Å². The molecule has 0 aliphatic carbocycles. The Morgan fingerprint density at radius 3 is 2.67 bits per heavy atom. The van der Waals surface area contributed by atoms with Crippen molar-refractivity contribution in [1.29, 1.82) is 0 Å². The van der Waals surface area contributed by atoms with Gasteiger partial charge in [0.2, 0.25) is 0 Å². The average Bonchev–Trinajstić information content (AvgIpc) is 2.69. The monoisotopic (exact) mass is 260 g/mol. The molecule has 1 rings (SSSR count). The van der Waals surface area contributed by atoms with E-state index >= 15 is 0 Å². The molecular formula is C10H16N2O6. The van der Waals surface area contributed by atoms with Crippen molar-refractivity contribution in [3.63, 3.8) is 0 Å². The van der Waals surface area contributed by atoms with Crippen LogP contribution in [-0.4, -0.2) is 64.9 Å². The Bertz CT molecular complexity index is 345. The van der Waals surface area contributed by atoms with Gasteiger partial charge in [-0.05, 0) is 6.92 Å². The first-order valence-corrected chi connectivity index (χ1v) is 5.56. The van der Waals surface area contributed by atoms with Crippen molar-refractivity contribution in [3.05, 3.63) is 0 Å². The Kier molecular flexibility index (Phi) is 4.90. The fraction of sp³-hybridized carbons (Fsp3) is 0.700. The van der Waals surface area contributed by atoms with Gasteiger partial charge in [-0.15, -0.1) is 0 Å². The Labute approximate surface area is 104 Å². The number of nitrogens with zero attached hydrogens (tertiary/aromatic N) is 1. The predicted octanol–water partition coefficient (Wildman–Crippen LogP) is -1.22. The number of rotatable bonds is 4.